The predicted octanol–water partition coefficient (Wildman–Crippen LogP) is 6.25. The highest BCUT2D eigenvalue weighted by atomic mass is 32.1. The number of nitrogens with zero attached hydrogens (tertiary/aromatic N) is 2. The Morgan fingerprint density at radius 1 is 1.00 bits per heavy atom. The lowest BCUT2D eigenvalue weighted by Crippen LogP contribution is -2.48. The van der Waals surface area contributed by atoms with E-state index in [0.717, 1.165) is 44.5 Å². The number of nitrogens with one attached hydrogen (secondary N) is 1. The fraction of sp³-hybridized carbons (Fsp3) is 0.419. The summed E-state index contributed by atoms with van der Waals surface area (Å²) >= 11 is 1.54. The van der Waals surface area contributed by atoms with E-state index in [1.807, 2.05) is 11.0 Å². The van der Waals surface area contributed by atoms with Crippen molar-refractivity contribution >= 4 is 28.2 Å². The molecule has 0 spiro atoms. The molecule has 200 valence electrons. The van der Waals surface area contributed by atoms with Crippen molar-refractivity contribution in [2.45, 2.75) is 46.6 Å². The SMILES string of the molecule is CC(C)(C)C1CCc2c(sc(NC(=O)c3ccc(F)cc3)c2C(=O)N2CCN(Cc3ccccc3)CC2)C1. The summed E-state index contributed by atoms with van der Waals surface area (Å²) in [6.45, 7) is 10.6. The molecule has 3 aromatic rings. The quantitative estimate of drug-likeness (QED) is 0.422. The van der Waals surface area contributed by atoms with Crippen molar-refractivity contribution in [3.63, 3.8) is 0 Å². The smallest absolute Gasteiger partial charge is 0.257 e. The van der Waals surface area contributed by atoms with Crippen LogP contribution in [0.3, 0.4) is 0 Å². The zero-order valence-electron chi connectivity index (χ0n) is 22.4. The molecular formula is C31H36FN3O2S. The number of carbonyl (C=O) groups excluding carboxylic acids is 2. The third-order valence-corrected chi connectivity index (χ3v) is 9.12. The summed E-state index contributed by atoms with van der Waals surface area (Å²) < 4.78 is 13.4. The van der Waals surface area contributed by atoms with E-state index < -0.39 is 0 Å². The van der Waals surface area contributed by atoms with Crippen LogP contribution in [0.1, 0.15) is 63.9 Å². The molecule has 0 saturated carbocycles. The summed E-state index contributed by atoms with van der Waals surface area (Å²) in [6, 6.07) is 15.9. The van der Waals surface area contributed by atoms with Crippen LogP contribution in [-0.4, -0.2) is 47.8 Å². The molecule has 38 heavy (non-hydrogen) atoms. The Balaban J connectivity index is 1.37. The molecule has 1 saturated heterocycles. The number of thiophene rings is 1. The number of halogens is 1. The average molecular weight is 534 g/mol. The molecule has 7 heteroatoms. The second-order valence-electron chi connectivity index (χ2n) is 11.5. The Morgan fingerprint density at radius 2 is 1.68 bits per heavy atom. The average Bonchev–Trinajstić information content (AvgIpc) is 3.26. The van der Waals surface area contributed by atoms with Crippen molar-refractivity contribution in [1.82, 2.24) is 9.80 Å². The van der Waals surface area contributed by atoms with E-state index in [4.69, 9.17) is 0 Å². The summed E-state index contributed by atoms with van der Waals surface area (Å²) in [4.78, 5) is 32.6. The summed E-state index contributed by atoms with van der Waals surface area (Å²) in [7, 11) is 0. The van der Waals surface area contributed by atoms with Crippen LogP contribution in [-0.2, 0) is 19.4 Å². The fourth-order valence-electron chi connectivity index (χ4n) is 5.52. The van der Waals surface area contributed by atoms with Crippen molar-refractivity contribution in [2.75, 3.05) is 31.5 Å². The van der Waals surface area contributed by atoms with Crippen LogP contribution in [0, 0.1) is 17.2 Å². The van der Waals surface area contributed by atoms with Crippen molar-refractivity contribution in [3.05, 3.63) is 87.5 Å². The molecular weight excluding hydrogens is 497 g/mol. The van der Waals surface area contributed by atoms with E-state index in [9.17, 15) is 14.0 Å². The zero-order valence-corrected chi connectivity index (χ0v) is 23.2. The fourth-order valence-corrected chi connectivity index (χ4v) is 6.84. The molecule has 5 rings (SSSR count). The molecule has 0 radical (unpaired) electrons. The minimum atomic E-state index is -0.386. The van der Waals surface area contributed by atoms with Gasteiger partial charge in [-0.25, -0.2) is 4.39 Å². The van der Waals surface area contributed by atoms with Gasteiger partial charge in [-0.2, -0.15) is 0 Å². The lowest BCUT2D eigenvalue weighted by molar-refractivity contribution is 0.0628. The van der Waals surface area contributed by atoms with Gasteiger partial charge in [-0.1, -0.05) is 51.1 Å². The van der Waals surface area contributed by atoms with E-state index in [1.54, 1.807) is 0 Å². The third kappa shape index (κ3) is 5.84. The minimum absolute atomic E-state index is 0.00507. The number of hydrogen-bond donors (Lipinski definition) is 1. The maximum absolute atomic E-state index is 14.0. The van der Waals surface area contributed by atoms with E-state index in [0.29, 0.717) is 35.1 Å². The Labute approximate surface area is 228 Å². The number of rotatable bonds is 5. The molecule has 2 aliphatic rings. The van der Waals surface area contributed by atoms with Gasteiger partial charge in [0.1, 0.15) is 10.8 Å². The van der Waals surface area contributed by atoms with Crippen LogP contribution in [0.4, 0.5) is 9.39 Å². The van der Waals surface area contributed by atoms with Gasteiger partial charge in [-0.3, -0.25) is 14.5 Å². The summed E-state index contributed by atoms with van der Waals surface area (Å²) in [5.41, 5.74) is 3.58. The highest BCUT2D eigenvalue weighted by Crippen LogP contribution is 2.44. The van der Waals surface area contributed by atoms with Gasteiger partial charge in [0.15, 0.2) is 0 Å². The lowest BCUT2D eigenvalue weighted by Gasteiger charge is -2.36. The molecule has 1 aromatic heterocycles. The van der Waals surface area contributed by atoms with Crippen LogP contribution in [0.2, 0.25) is 0 Å². The van der Waals surface area contributed by atoms with Crippen LogP contribution in [0.5, 0.6) is 0 Å². The first-order valence-electron chi connectivity index (χ1n) is 13.5. The van der Waals surface area contributed by atoms with Gasteiger partial charge in [-0.05, 0) is 66.0 Å². The van der Waals surface area contributed by atoms with E-state index in [-0.39, 0.29) is 23.0 Å². The summed E-state index contributed by atoms with van der Waals surface area (Å²) in [5.74, 6) is -0.175. The minimum Gasteiger partial charge on any atom is -0.336 e. The molecule has 1 aliphatic heterocycles. The monoisotopic (exact) mass is 533 g/mol. The third-order valence-electron chi connectivity index (χ3n) is 7.95. The number of benzene rings is 2. The van der Waals surface area contributed by atoms with Gasteiger partial charge < -0.3 is 10.2 Å². The number of hydrogen-bond acceptors (Lipinski definition) is 4. The molecule has 1 aliphatic carbocycles. The first kappa shape index (κ1) is 26.6. The Morgan fingerprint density at radius 3 is 2.34 bits per heavy atom. The van der Waals surface area contributed by atoms with Crippen LogP contribution >= 0.6 is 11.3 Å². The van der Waals surface area contributed by atoms with Gasteiger partial charge in [0, 0.05) is 43.2 Å². The van der Waals surface area contributed by atoms with E-state index in [2.05, 4.69) is 55.3 Å². The van der Waals surface area contributed by atoms with Gasteiger partial charge in [-0.15, -0.1) is 11.3 Å². The van der Waals surface area contributed by atoms with Crippen LogP contribution < -0.4 is 5.32 Å². The van der Waals surface area contributed by atoms with Crippen LogP contribution in [0.25, 0.3) is 0 Å². The molecule has 5 nitrogen and oxygen atoms in total. The highest BCUT2D eigenvalue weighted by Gasteiger charge is 2.36. The van der Waals surface area contributed by atoms with Gasteiger partial charge in [0.05, 0.1) is 5.56 Å². The van der Waals surface area contributed by atoms with Gasteiger partial charge >= 0.3 is 0 Å². The van der Waals surface area contributed by atoms with Gasteiger partial charge in [0.2, 0.25) is 0 Å². The Kier molecular flexibility index (Phi) is 7.68. The molecule has 1 unspecified atom stereocenters. The highest BCUT2D eigenvalue weighted by molar-refractivity contribution is 7.17. The maximum atomic E-state index is 14.0. The standard InChI is InChI=1S/C31H36FN3O2S/c1-31(2,3)23-11-14-25-26(19-23)38-29(33-28(36)22-9-12-24(32)13-10-22)27(25)30(37)35-17-15-34(16-18-35)20-21-7-5-4-6-8-21/h4-10,12-13,23H,11,14-20H2,1-3H3,(H,33,36). The number of amides is 2. The molecule has 1 N–H and O–H groups in total. The number of anilines is 1. The molecule has 2 aromatic carbocycles. The first-order chi connectivity index (χ1) is 18.2. The Hall–Kier alpha value is -3.03. The molecule has 0 bridgehead atoms. The number of fused-ring (bicyclic) bond motifs is 1. The van der Waals surface area contributed by atoms with E-state index >= 15 is 0 Å². The summed E-state index contributed by atoms with van der Waals surface area (Å²) in [6.07, 6.45) is 2.79. The van der Waals surface area contributed by atoms with Crippen molar-refractivity contribution < 1.29 is 14.0 Å². The second-order valence-corrected chi connectivity index (χ2v) is 12.6. The second kappa shape index (κ2) is 11.0. The molecule has 2 amide bonds. The topological polar surface area (TPSA) is 52.7 Å². The lowest BCUT2D eigenvalue weighted by atomic mass is 9.72. The largest absolute Gasteiger partial charge is 0.336 e. The zero-order chi connectivity index (χ0) is 26.9. The number of piperazine rings is 1. The van der Waals surface area contributed by atoms with E-state index in [1.165, 1.54) is 46.0 Å². The van der Waals surface area contributed by atoms with Crippen molar-refractivity contribution in [2.24, 2.45) is 11.3 Å². The van der Waals surface area contributed by atoms with Crippen LogP contribution in [0.15, 0.2) is 54.6 Å². The molecule has 1 atom stereocenters. The summed E-state index contributed by atoms with van der Waals surface area (Å²) in [5, 5.41) is 3.64. The normalized spacial score (nSPS) is 18.2. The molecule has 2 heterocycles. The number of carbonyl (C=O) groups is 2. The predicted molar refractivity (Wildman–Crippen MR) is 151 cm³/mol. The molecule has 1 fully saturated rings. The maximum Gasteiger partial charge on any atom is 0.257 e. The van der Waals surface area contributed by atoms with Crippen molar-refractivity contribution in [1.29, 1.82) is 0 Å². The Bertz CT molecular complexity index is 1290. The first-order valence-corrected chi connectivity index (χ1v) is 14.3. The van der Waals surface area contributed by atoms with Crippen molar-refractivity contribution in [3.8, 4) is 0 Å². The van der Waals surface area contributed by atoms with Gasteiger partial charge in [0.25, 0.3) is 11.8 Å².